The molecule has 0 saturated heterocycles. The number of nitrogen functional groups attached to an aromatic ring is 1. The highest BCUT2D eigenvalue weighted by molar-refractivity contribution is 5.62. The van der Waals surface area contributed by atoms with Crippen LogP contribution in [0.15, 0.2) is 36.4 Å². The molecule has 0 bridgehead atoms. The molecule has 7 heteroatoms. The number of nitro groups is 1. The number of para-hydroxylation sites is 2. The predicted molar refractivity (Wildman–Crippen MR) is 68.2 cm³/mol. The number of anilines is 1. The molecule has 0 heterocycles. The topological polar surface area (TPSA) is 78.4 Å². The zero-order valence-electron chi connectivity index (χ0n) is 10.2. The highest BCUT2D eigenvalue weighted by Gasteiger charge is 2.16. The lowest BCUT2D eigenvalue weighted by atomic mass is 10.1. The number of halogens is 2. The van der Waals surface area contributed by atoms with Gasteiger partial charge in [0.05, 0.1) is 4.92 Å². The van der Waals surface area contributed by atoms with Crippen LogP contribution in [0.1, 0.15) is 5.56 Å². The van der Waals surface area contributed by atoms with Gasteiger partial charge in [0.2, 0.25) is 0 Å². The van der Waals surface area contributed by atoms with E-state index >= 15 is 0 Å². The average molecular weight is 280 g/mol. The highest BCUT2D eigenvalue weighted by atomic mass is 19.1. The number of hydrogen-bond donors (Lipinski definition) is 1. The van der Waals surface area contributed by atoms with Gasteiger partial charge in [0.15, 0.2) is 17.4 Å². The van der Waals surface area contributed by atoms with Crippen LogP contribution < -0.4 is 10.5 Å². The molecule has 0 amide bonds. The number of nitrogens with zero attached hydrogens (tertiary/aromatic N) is 1. The minimum atomic E-state index is -0.853. The van der Waals surface area contributed by atoms with Gasteiger partial charge >= 0.3 is 0 Å². The van der Waals surface area contributed by atoms with Gasteiger partial charge in [0.25, 0.3) is 5.69 Å². The molecule has 0 aliphatic heterocycles. The van der Waals surface area contributed by atoms with Crippen LogP contribution in [-0.4, -0.2) is 4.92 Å². The number of nitro benzene ring substituents is 1. The van der Waals surface area contributed by atoms with E-state index in [4.69, 9.17) is 10.5 Å². The van der Waals surface area contributed by atoms with Gasteiger partial charge in [-0.25, -0.2) is 8.78 Å². The van der Waals surface area contributed by atoms with E-state index in [1.54, 1.807) is 0 Å². The van der Waals surface area contributed by atoms with Crippen LogP contribution in [0, 0.1) is 21.7 Å². The summed E-state index contributed by atoms with van der Waals surface area (Å²) in [6.07, 6.45) is 0. The number of rotatable bonds is 4. The van der Waals surface area contributed by atoms with Crippen LogP contribution in [-0.2, 0) is 6.61 Å². The Hall–Kier alpha value is -2.70. The lowest BCUT2D eigenvalue weighted by Gasteiger charge is -2.10. The monoisotopic (exact) mass is 280 g/mol. The minimum Gasteiger partial charge on any atom is -0.483 e. The summed E-state index contributed by atoms with van der Waals surface area (Å²) in [4.78, 5) is 10.1. The van der Waals surface area contributed by atoms with Crippen LogP contribution >= 0.6 is 0 Å². The molecule has 104 valence electrons. The van der Waals surface area contributed by atoms with E-state index in [9.17, 15) is 18.9 Å². The summed E-state index contributed by atoms with van der Waals surface area (Å²) in [6.45, 7) is -0.272. The fraction of sp³-hybridized carbons (Fsp3) is 0.0769. The van der Waals surface area contributed by atoms with Crippen LogP contribution in [0.3, 0.4) is 0 Å². The molecule has 2 aromatic carbocycles. The van der Waals surface area contributed by atoms with Crippen molar-refractivity contribution in [2.45, 2.75) is 6.61 Å². The molecular formula is C13H10F2N2O3. The Morgan fingerprint density at radius 3 is 2.35 bits per heavy atom. The van der Waals surface area contributed by atoms with Gasteiger partial charge in [-0.05, 0) is 12.1 Å². The Balaban J connectivity index is 2.24. The van der Waals surface area contributed by atoms with Gasteiger partial charge in [-0.15, -0.1) is 0 Å². The molecule has 0 atom stereocenters. The summed E-state index contributed by atoms with van der Waals surface area (Å²) in [5, 5.41) is 10.7. The molecular weight excluding hydrogens is 270 g/mol. The second-order valence-corrected chi connectivity index (χ2v) is 3.95. The third-order valence-electron chi connectivity index (χ3n) is 2.66. The number of nitrogens with two attached hydrogens (primary N) is 1. The van der Waals surface area contributed by atoms with Gasteiger partial charge in [0, 0.05) is 11.6 Å². The van der Waals surface area contributed by atoms with E-state index in [1.807, 2.05) is 0 Å². The van der Waals surface area contributed by atoms with Gasteiger partial charge in [-0.3, -0.25) is 10.1 Å². The number of ether oxygens (including phenoxy) is 1. The third-order valence-corrected chi connectivity index (χ3v) is 2.66. The first-order valence-electron chi connectivity index (χ1n) is 5.59. The van der Waals surface area contributed by atoms with Gasteiger partial charge in [-0.1, -0.05) is 18.2 Å². The molecule has 5 nitrogen and oxygen atoms in total. The fourth-order valence-electron chi connectivity index (χ4n) is 1.65. The molecule has 0 spiro atoms. The summed E-state index contributed by atoms with van der Waals surface area (Å²) >= 11 is 0. The van der Waals surface area contributed by atoms with E-state index in [0.717, 1.165) is 12.1 Å². The summed E-state index contributed by atoms with van der Waals surface area (Å²) in [5.74, 6) is -2.25. The smallest absolute Gasteiger partial charge is 0.292 e. The predicted octanol–water partition coefficient (Wildman–Crippen LogP) is 3.03. The molecule has 0 saturated carbocycles. The quantitative estimate of drug-likeness (QED) is 0.530. The first kappa shape index (κ1) is 13.7. The molecule has 0 unspecified atom stereocenters. The van der Waals surface area contributed by atoms with Crippen LogP contribution in [0.4, 0.5) is 20.2 Å². The van der Waals surface area contributed by atoms with Gasteiger partial charge in [-0.2, -0.15) is 0 Å². The SMILES string of the molecule is Nc1c(COc2c(F)cccc2F)cccc1[N+](=O)[O-]. The van der Waals surface area contributed by atoms with Crippen molar-refractivity contribution < 1.29 is 18.4 Å². The Morgan fingerprint density at radius 2 is 1.75 bits per heavy atom. The van der Waals surface area contributed by atoms with E-state index in [0.29, 0.717) is 0 Å². The maximum Gasteiger partial charge on any atom is 0.292 e. The first-order valence-corrected chi connectivity index (χ1v) is 5.59. The molecule has 0 aliphatic rings. The molecule has 0 radical (unpaired) electrons. The van der Waals surface area contributed by atoms with Crippen molar-refractivity contribution in [2.75, 3.05) is 5.73 Å². The second-order valence-electron chi connectivity index (χ2n) is 3.95. The summed E-state index contributed by atoms with van der Waals surface area (Å²) in [6, 6.07) is 7.46. The molecule has 2 aromatic rings. The Bertz CT molecular complexity index is 642. The van der Waals surface area contributed by atoms with Crippen molar-refractivity contribution in [3.8, 4) is 5.75 Å². The van der Waals surface area contributed by atoms with Crippen LogP contribution in [0.25, 0.3) is 0 Å². The van der Waals surface area contributed by atoms with E-state index in [-0.39, 0.29) is 23.5 Å². The highest BCUT2D eigenvalue weighted by Crippen LogP contribution is 2.27. The number of benzene rings is 2. The van der Waals surface area contributed by atoms with Crippen molar-refractivity contribution in [1.29, 1.82) is 0 Å². The third kappa shape index (κ3) is 2.66. The summed E-state index contributed by atoms with van der Waals surface area (Å²) < 4.78 is 31.7. The molecule has 2 N–H and O–H groups in total. The zero-order valence-corrected chi connectivity index (χ0v) is 10.2. The zero-order chi connectivity index (χ0) is 14.7. The van der Waals surface area contributed by atoms with Crippen molar-refractivity contribution in [3.63, 3.8) is 0 Å². The first-order chi connectivity index (χ1) is 9.50. The average Bonchev–Trinajstić information content (AvgIpc) is 2.39. The molecule has 0 aromatic heterocycles. The van der Waals surface area contributed by atoms with Crippen molar-refractivity contribution in [3.05, 3.63) is 63.7 Å². The van der Waals surface area contributed by atoms with Crippen LogP contribution in [0.2, 0.25) is 0 Å². The van der Waals surface area contributed by atoms with E-state index < -0.39 is 22.3 Å². The lowest BCUT2D eigenvalue weighted by molar-refractivity contribution is -0.384. The van der Waals surface area contributed by atoms with Crippen molar-refractivity contribution in [1.82, 2.24) is 0 Å². The Labute approximate surface area is 112 Å². The standard InChI is InChI=1S/C13H10F2N2O3/c14-9-4-2-5-10(15)13(9)20-7-8-3-1-6-11(12(8)16)17(18)19/h1-6H,7,16H2. The Kier molecular flexibility index (Phi) is 3.79. The summed E-state index contributed by atoms with van der Waals surface area (Å²) in [7, 11) is 0. The second kappa shape index (κ2) is 5.52. The van der Waals surface area contributed by atoms with Crippen LogP contribution in [0.5, 0.6) is 5.75 Å². The maximum atomic E-state index is 13.4. The molecule has 2 rings (SSSR count). The normalized spacial score (nSPS) is 10.3. The van der Waals surface area contributed by atoms with E-state index in [2.05, 4.69) is 0 Å². The molecule has 0 aliphatic carbocycles. The maximum absolute atomic E-state index is 13.4. The Morgan fingerprint density at radius 1 is 1.15 bits per heavy atom. The van der Waals surface area contributed by atoms with Crippen molar-refractivity contribution >= 4 is 11.4 Å². The van der Waals surface area contributed by atoms with Gasteiger partial charge < -0.3 is 10.5 Å². The summed E-state index contributed by atoms with van der Waals surface area (Å²) in [5.41, 5.74) is 5.53. The van der Waals surface area contributed by atoms with E-state index in [1.165, 1.54) is 24.3 Å². The van der Waals surface area contributed by atoms with Gasteiger partial charge in [0.1, 0.15) is 12.3 Å². The fourth-order valence-corrected chi connectivity index (χ4v) is 1.65. The minimum absolute atomic E-state index is 0.0887. The lowest BCUT2D eigenvalue weighted by Crippen LogP contribution is -2.05. The van der Waals surface area contributed by atoms with Crippen molar-refractivity contribution in [2.24, 2.45) is 0 Å². The molecule has 0 fully saturated rings. The molecule has 20 heavy (non-hydrogen) atoms. The number of hydrogen-bond acceptors (Lipinski definition) is 4. The largest absolute Gasteiger partial charge is 0.483 e.